The highest BCUT2D eigenvalue weighted by Gasteiger charge is 2.21. The lowest BCUT2D eigenvalue weighted by atomic mass is 10.0. The number of ether oxygens (including phenoxy) is 3. The predicted molar refractivity (Wildman–Crippen MR) is 109 cm³/mol. The van der Waals surface area contributed by atoms with E-state index >= 15 is 0 Å². The first-order valence-corrected chi connectivity index (χ1v) is 9.64. The van der Waals surface area contributed by atoms with Crippen LogP contribution in [0.3, 0.4) is 0 Å². The molecule has 1 fully saturated rings. The molecule has 0 saturated carbocycles. The summed E-state index contributed by atoms with van der Waals surface area (Å²) >= 11 is 0. The first kappa shape index (κ1) is 21.2. The molecule has 1 atom stereocenters. The number of likely N-dealkylation sites (N-methyl/N-ethyl adjacent to an activating group) is 1. The fraction of sp³-hybridized carbons (Fsp3) is 0.650. The molecule has 0 radical (unpaired) electrons. The molecule has 2 N–H and O–H groups in total. The molecule has 1 aliphatic heterocycles. The molecule has 0 bridgehead atoms. The van der Waals surface area contributed by atoms with E-state index in [9.17, 15) is 0 Å². The molecular formula is C20H34N4O3. The van der Waals surface area contributed by atoms with Gasteiger partial charge in [0, 0.05) is 26.2 Å². The third-order valence-corrected chi connectivity index (χ3v) is 5.07. The lowest BCUT2D eigenvalue weighted by molar-refractivity contribution is 0.157. The van der Waals surface area contributed by atoms with Gasteiger partial charge in [-0.2, -0.15) is 0 Å². The van der Waals surface area contributed by atoms with Crippen molar-refractivity contribution in [3.63, 3.8) is 0 Å². The van der Waals surface area contributed by atoms with E-state index in [0.717, 1.165) is 24.6 Å². The van der Waals surface area contributed by atoms with Gasteiger partial charge in [-0.05, 0) is 43.6 Å². The fourth-order valence-electron chi connectivity index (χ4n) is 3.57. The van der Waals surface area contributed by atoms with Crippen LogP contribution in [0.25, 0.3) is 0 Å². The Balaban J connectivity index is 1.95. The molecule has 2 rings (SSSR count). The van der Waals surface area contributed by atoms with Crippen molar-refractivity contribution >= 4 is 5.96 Å². The Kier molecular flexibility index (Phi) is 8.51. The Morgan fingerprint density at radius 2 is 1.81 bits per heavy atom. The van der Waals surface area contributed by atoms with Gasteiger partial charge in [0.15, 0.2) is 17.5 Å². The Morgan fingerprint density at radius 1 is 1.11 bits per heavy atom. The number of nitrogens with zero attached hydrogens (tertiary/aromatic N) is 2. The second-order valence-corrected chi connectivity index (χ2v) is 6.62. The van der Waals surface area contributed by atoms with Crippen molar-refractivity contribution < 1.29 is 14.2 Å². The first-order valence-electron chi connectivity index (χ1n) is 9.64. The van der Waals surface area contributed by atoms with Crippen molar-refractivity contribution in [2.24, 2.45) is 4.99 Å². The molecule has 7 heteroatoms. The molecule has 1 unspecified atom stereocenters. The molecule has 0 amide bonds. The second kappa shape index (κ2) is 10.9. The molecule has 152 valence electrons. The van der Waals surface area contributed by atoms with Gasteiger partial charge in [0.1, 0.15) is 0 Å². The maximum atomic E-state index is 5.42. The van der Waals surface area contributed by atoms with E-state index in [0.29, 0.717) is 29.8 Å². The van der Waals surface area contributed by atoms with Crippen molar-refractivity contribution in [1.29, 1.82) is 0 Å². The third-order valence-electron chi connectivity index (χ3n) is 5.07. The summed E-state index contributed by atoms with van der Waals surface area (Å²) in [4.78, 5) is 6.89. The minimum Gasteiger partial charge on any atom is -0.493 e. The monoisotopic (exact) mass is 378 g/mol. The van der Waals surface area contributed by atoms with Gasteiger partial charge in [-0.15, -0.1) is 0 Å². The van der Waals surface area contributed by atoms with Crippen LogP contribution in [0.4, 0.5) is 0 Å². The van der Waals surface area contributed by atoms with Gasteiger partial charge in [0.25, 0.3) is 0 Å². The van der Waals surface area contributed by atoms with Crippen LogP contribution in [0.15, 0.2) is 17.1 Å². The maximum absolute atomic E-state index is 5.42. The standard InChI is InChI=1S/C20H34N4O3/c1-6-24-10-8-7-9-16(24)14-23-20(21-2)22-13-15-11-17(25-3)19(27-5)18(12-15)26-4/h11-12,16H,6-10,13-14H2,1-5H3,(H2,21,22,23). The number of aliphatic imine (C=N–C) groups is 1. The van der Waals surface area contributed by atoms with Gasteiger partial charge in [-0.25, -0.2) is 0 Å². The SMILES string of the molecule is CCN1CCCCC1CNC(=NC)NCc1cc(OC)c(OC)c(OC)c1. The molecule has 1 aromatic rings. The number of methoxy groups -OCH3 is 3. The van der Waals surface area contributed by atoms with Crippen LogP contribution in [0.5, 0.6) is 17.2 Å². The second-order valence-electron chi connectivity index (χ2n) is 6.62. The maximum Gasteiger partial charge on any atom is 0.203 e. The van der Waals surface area contributed by atoms with E-state index in [1.807, 2.05) is 12.1 Å². The molecule has 27 heavy (non-hydrogen) atoms. The summed E-state index contributed by atoms with van der Waals surface area (Å²) in [5, 5.41) is 6.83. The van der Waals surface area contributed by atoms with Crippen molar-refractivity contribution in [1.82, 2.24) is 15.5 Å². The third kappa shape index (κ3) is 5.66. The Bertz CT molecular complexity index is 596. The van der Waals surface area contributed by atoms with E-state index in [4.69, 9.17) is 14.2 Å². The summed E-state index contributed by atoms with van der Waals surface area (Å²) in [6, 6.07) is 4.46. The van der Waals surface area contributed by atoms with Crippen LogP contribution >= 0.6 is 0 Å². The Hall–Kier alpha value is -2.15. The molecule has 1 aliphatic rings. The number of likely N-dealkylation sites (tertiary alicyclic amines) is 1. The minimum atomic E-state index is 0.573. The summed E-state index contributed by atoms with van der Waals surface area (Å²) in [6.45, 7) is 6.04. The van der Waals surface area contributed by atoms with Crippen LogP contribution in [0, 0.1) is 0 Å². The summed E-state index contributed by atoms with van der Waals surface area (Å²) in [7, 11) is 6.65. The van der Waals surface area contributed by atoms with Gasteiger partial charge in [0.2, 0.25) is 5.75 Å². The summed E-state index contributed by atoms with van der Waals surface area (Å²) in [5.41, 5.74) is 1.03. The number of hydrogen-bond acceptors (Lipinski definition) is 5. The quantitative estimate of drug-likeness (QED) is 0.534. The lowest BCUT2D eigenvalue weighted by Crippen LogP contribution is -2.48. The van der Waals surface area contributed by atoms with Crippen LogP contribution in [-0.2, 0) is 6.54 Å². The number of piperidine rings is 1. The van der Waals surface area contributed by atoms with Crippen molar-refractivity contribution in [3.05, 3.63) is 17.7 Å². The van der Waals surface area contributed by atoms with Crippen LogP contribution < -0.4 is 24.8 Å². The topological polar surface area (TPSA) is 67.4 Å². The smallest absolute Gasteiger partial charge is 0.203 e. The van der Waals surface area contributed by atoms with Gasteiger partial charge in [-0.1, -0.05) is 13.3 Å². The summed E-state index contributed by atoms with van der Waals surface area (Å²) < 4.78 is 16.2. The number of guanidine groups is 1. The molecular weight excluding hydrogens is 344 g/mol. The van der Waals surface area contributed by atoms with Gasteiger partial charge in [-0.3, -0.25) is 9.89 Å². The Morgan fingerprint density at radius 3 is 2.37 bits per heavy atom. The Labute approximate surface area is 163 Å². The van der Waals surface area contributed by atoms with Gasteiger partial charge in [0.05, 0.1) is 21.3 Å². The van der Waals surface area contributed by atoms with E-state index in [2.05, 4.69) is 27.4 Å². The number of nitrogens with one attached hydrogen (secondary N) is 2. The number of hydrogen-bond donors (Lipinski definition) is 2. The molecule has 0 aliphatic carbocycles. The average molecular weight is 379 g/mol. The normalized spacial score (nSPS) is 18.1. The summed E-state index contributed by atoms with van der Waals surface area (Å²) in [6.07, 6.45) is 3.85. The zero-order valence-electron chi connectivity index (χ0n) is 17.3. The highest BCUT2D eigenvalue weighted by Crippen LogP contribution is 2.38. The highest BCUT2D eigenvalue weighted by atomic mass is 16.5. The van der Waals surface area contributed by atoms with Crippen molar-refractivity contribution in [2.45, 2.75) is 38.8 Å². The largest absolute Gasteiger partial charge is 0.493 e. The van der Waals surface area contributed by atoms with Crippen molar-refractivity contribution in [2.75, 3.05) is 48.0 Å². The van der Waals surface area contributed by atoms with Crippen LogP contribution in [0.2, 0.25) is 0 Å². The minimum absolute atomic E-state index is 0.573. The van der Waals surface area contributed by atoms with E-state index in [-0.39, 0.29) is 0 Å². The first-order chi connectivity index (χ1) is 13.2. The van der Waals surface area contributed by atoms with Crippen LogP contribution in [-0.4, -0.2) is 64.9 Å². The van der Waals surface area contributed by atoms with Gasteiger partial charge >= 0.3 is 0 Å². The molecule has 7 nitrogen and oxygen atoms in total. The van der Waals surface area contributed by atoms with E-state index in [1.165, 1.54) is 25.8 Å². The van der Waals surface area contributed by atoms with E-state index in [1.54, 1.807) is 28.4 Å². The summed E-state index contributed by atoms with van der Waals surface area (Å²) in [5.74, 6) is 2.70. The van der Waals surface area contributed by atoms with Gasteiger partial charge < -0.3 is 24.8 Å². The number of benzene rings is 1. The van der Waals surface area contributed by atoms with Crippen molar-refractivity contribution in [3.8, 4) is 17.2 Å². The zero-order chi connectivity index (χ0) is 19.6. The predicted octanol–water partition coefficient (Wildman–Crippen LogP) is 2.25. The zero-order valence-corrected chi connectivity index (χ0v) is 17.3. The lowest BCUT2D eigenvalue weighted by Gasteiger charge is -2.35. The molecule has 1 heterocycles. The van der Waals surface area contributed by atoms with E-state index < -0.39 is 0 Å². The van der Waals surface area contributed by atoms with Crippen LogP contribution in [0.1, 0.15) is 31.7 Å². The molecule has 0 aromatic heterocycles. The highest BCUT2D eigenvalue weighted by molar-refractivity contribution is 5.79. The fourth-order valence-corrected chi connectivity index (χ4v) is 3.57. The number of rotatable bonds is 8. The molecule has 0 spiro atoms. The average Bonchev–Trinajstić information content (AvgIpc) is 2.73. The molecule has 1 saturated heterocycles. The molecule has 1 aromatic carbocycles.